The maximum atomic E-state index is 11.0. The van der Waals surface area contributed by atoms with Crippen LogP contribution >= 0.6 is 0 Å². The van der Waals surface area contributed by atoms with Crippen LogP contribution in [0.4, 0.5) is 0 Å². The molecule has 0 bridgehead atoms. The fraction of sp³-hybridized carbons (Fsp3) is 0.444. The van der Waals surface area contributed by atoms with Gasteiger partial charge in [-0.2, -0.15) is 0 Å². The maximum absolute atomic E-state index is 11.0. The van der Waals surface area contributed by atoms with Gasteiger partial charge in [-0.05, 0) is 0 Å². The topological polar surface area (TPSA) is 72.9 Å². The van der Waals surface area contributed by atoms with Crippen molar-refractivity contribution in [1.82, 2.24) is 4.90 Å². The first kappa shape index (κ1) is 13.2. The van der Waals surface area contributed by atoms with E-state index in [1.54, 1.807) is 14.1 Å². The number of esters is 2. The third-order valence-corrected chi connectivity index (χ3v) is 1.39. The van der Waals surface area contributed by atoms with Crippen LogP contribution in [0.25, 0.3) is 0 Å². The minimum atomic E-state index is -0.768. The number of ether oxygens (including phenoxy) is 2. The largest absolute Gasteiger partial charge is 0.466 e. The summed E-state index contributed by atoms with van der Waals surface area (Å²) in [5, 5.41) is 0. The van der Waals surface area contributed by atoms with E-state index in [1.807, 2.05) is 0 Å². The molecule has 0 aliphatic heterocycles. The Labute approximate surface area is 87.4 Å². The quantitative estimate of drug-likeness (QED) is 0.460. The van der Waals surface area contributed by atoms with Crippen molar-refractivity contribution in [3.63, 3.8) is 0 Å². The third-order valence-electron chi connectivity index (χ3n) is 1.39. The smallest absolute Gasteiger partial charge is 0.331 e. The van der Waals surface area contributed by atoms with E-state index < -0.39 is 11.9 Å². The van der Waals surface area contributed by atoms with E-state index in [9.17, 15) is 14.4 Å². The monoisotopic (exact) mass is 215 g/mol. The van der Waals surface area contributed by atoms with E-state index in [1.165, 1.54) is 12.0 Å². The summed E-state index contributed by atoms with van der Waals surface area (Å²) in [6.45, 7) is -0.350. The van der Waals surface area contributed by atoms with Crippen molar-refractivity contribution in [2.24, 2.45) is 0 Å². The van der Waals surface area contributed by atoms with Gasteiger partial charge in [-0.25, -0.2) is 9.59 Å². The molecule has 6 nitrogen and oxygen atoms in total. The van der Waals surface area contributed by atoms with Gasteiger partial charge in [0.25, 0.3) is 5.91 Å². The van der Waals surface area contributed by atoms with E-state index in [0.717, 1.165) is 12.2 Å². The fourth-order valence-corrected chi connectivity index (χ4v) is 0.514. The molecule has 6 heteroatoms. The van der Waals surface area contributed by atoms with E-state index in [0.29, 0.717) is 0 Å². The highest BCUT2D eigenvalue weighted by Gasteiger charge is 2.06. The van der Waals surface area contributed by atoms with E-state index in [2.05, 4.69) is 9.47 Å². The SMILES string of the molecule is COC(=O)/C=C\C(=O)OCC(=O)N(C)C. The van der Waals surface area contributed by atoms with Crippen molar-refractivity contribution in [1.29, 1.82) is 0 Å². The number of carbonyl (C=O) groups is 3. The van der Waals surface area contributed by atoms with Gasteiger partial charge < -0.3 is 14.4 Å². The van der Waals surface area contributed by atoms with Gasteiger partial charge in [-0.15, -0.1) is 0 Å². The molecule has 0 aromatic carbocycles. The molecule has 0 heterocycles. The first-order valence-electron chi connectivity index (χ1n) is 4.10. The summed E-state index contributed by atoms with van der Waals surface area (Å²) in [7, 11) is 4.27. The summed E-state index contributed by atoms with van der Waals surface area (Å²) in [6, 6.07) is 0. The molecule has 0 aromatic heterocycles. The molecule has 1 amide bonds. The van der Waals surface area contributed by atoms with Crippen LogP contribution in [0.1, 0.15) is 0 Å². The zero-order chi connectivity index (χ0) is 11.8. The predicted molar refractivity (Wildman–Crippen MR) is 50.8 cm³/mol. The van der Waals surface area contributed by atoms with Gasteiger partial charge in [-0.1, -0.05) is 0 Å². The summed E-state index contributed by atoms with van der Waals surface area (Å²) < 4.78 is 8.79. The second-order valence-corrected chi connectivity index (χ2v) is 2.75. The first-order chi connectivity index (χ1) is 6.97. The number of amides is 1. The number of nitrogens with zero attached hydrogens (tertiary/aromatic N) is 1. The average Bonchev–Trinajstić information content (AvgIpc) is 2.21. The maximum Gasteiger partial charge on any atom is 0.331 e. The molecule has 0 radical (unpaired) electrons. The molecular weight excluding hydrogens is 202 g/mol. The highest BCUT2D eigenvalue weighted by Crippen LogP contribution is 1.86. The Morgan fingerprint density at radius 1 is 1.13 bits per heavy atom. The van der Waals surface area contributed by atoms with Gasteiger partial charge in [0.15, 0.2) is 6.61 Å². The van der Waals surface area contributed by atoms with Crippen LogP contribution in [0, 0.1) is 0 Å². The summed E-state index contributed by atoms with van der Waals surface area (Å²) >= 11 is 0. The highest BCUT2D eigenvalue weighted by molar-refractivity contribution is 5.92. The number of rotatable bonds is 4. The van der Waals surface area contributed by atoms with Crippen LogP contribution in [0.15, 0.2) is 12.2 Å². The number of hydrogen-bond donors (Lipinski definition) is 0. The van der Waals surface area contributed by atoms with Crippen LogP contribution < -0.4 is 0 Å². The van der Waals surface area contributed by atoms with Gasteiger partial charge in [0.2, 0.25) is 0 Å². The van der Waals surface area contributed by atoms with Crippen molar-refractivity contribution in [2.45, 2.75) is 0 Å². The van der Waals surface area contributed by atoms with Crippen molar-refractivity contribution in [3.8, 4) is 0 Å². The van der Waals surface area contributed by atoms with Crippen molar-refractivity contribution in [2.75, 3.05) is 27.8 Å². The summed E-state index contributed by atoms with van der Waals surface area (Å²) in [4.78, 5) is 33.7. The molecule has 0 atom stereocenters. The van der Waals surface area contributed by atoms with Gasteiger partial charge >= 0.3 is 11.9 Å². The zero-order valence-corrected chi connectivity index (χ0v) is 8.85. The molecule has 0 aliphatic rings. The Bertz CT molecular complexity index is 282. The van der Waals surface area contributed by atoms with Crippen molar-refractivity contribution >= 4 is 17.8 Å². The van der Waals surface area contributed by atoms with E-state index in [4.69, 9.17) is 0 Å². The molecule has 0 saturated heterocycles. The Kier molecular flexibility index (Phi) is 5.77. The number of likely N-dealkylation sites (N-methyl/N-ethyl adjacent to an activating group) is 1. The van der Waals surface area contributed by atoms with Crippen LogP contribution in [0.3, 0.4) is 0 Å². The minimum absolute atomic E-state index is 0.338. The van der Waals surface area contributed by atoms with Crippen LogP contribution in [0.2, 0.25) is 0 Å². The Balaban J connectivity index is 3.90. The molecule has 84 valence electrons. The summed E-state index contributed by atoms with van der Waals surface area (Å²) in [5.74, 6) is -1.77. The van der Waals surface area contributed by atoms with Gasteiger partial charge in [-0.3, -0.25) is 4.79 Å². The average molecular weight is 215 g/mol. The van der Waals surface area contributed by atoms with Crippen LogP contribution in [0.5, 0.6) is 0 Å². The lowest BCUT2D eigenvalue weighted by atomic mass is 10.5. The molecule has 0 fully saturated rings. The molecule has 0 aliphatic carbocycles. The molecule has 0 aromatic rings. The van der Waals surface area contributed by atoms with Gasteiger partial charge in [0.1, 0.15) is 0 Å². The lowest BCUT2D eigenvalue weighted by molar-refractivity contribution is -0.147. The second-order valence-electron chi connectivity index (χ2n) is 2.75. The summed E-state index contributed by atoms with van der Waals surface area (Å²) in [6.07, 6.45) is 1.82. The second kappa shape index (κ2) is 6.58. The lowest BCUT2D eigenvalue weighted by Gasteiger charge is -2.09. The minimum Gasteiger partial charge on any atom is -0.466 e. The third kappa shape index (κ3) is 6.25. The van der Waals surface area contributed by atoms with E-state index in [-0.39, 0.29) is 12.5 Å². The normalized spacial score (nSPS) is 9.80. The molecule has 0 rings (SSSR count). The summed E-state index contributed by atoms with van der Waals surface area (Å²) in [5.41, 5.74) is 0. The van der Waals surface area contributed by atoms with Gasteiger partial charge in [0, 0.05) is 26.2 Å². The van der Waals surface area contributed by atoms with Crippen molar-refractivity contribution < 1.29 is 23.9 Å². The molecule has 0 saturated carbocycles. The van der Waals surface area contributed by atoms with Crippen LogP contribution in [-0.4, -0.2) is 50.6 Å². The first-order valence-corrected chi connectivity index (χ1v) is 4.10. The Morgan fingerprint density at radius 3 is 2.13 bits per heavy atom. The standard InChI is InChI=1S/C9H13NO5/c1-10(2)7(11)6-15-9(13)5-4-8(12)14-3/h4-5H,6H2,1-3H3/b5-4-. The Morgan fingerprint density at radius 2 is 1.67 bits per heavy atom. The van der Waals surface area contributed by atoms with E-state index >= 15 is 0 Å². The lowest BCUT2D eigenvalue weighted by Crippen LogP contribution is -2.27. The number of hydrogen-bond acceptors (Lipinski definition) is 5. The Hall–Kier alpha value is -1.85. The van der Waals surface area contributed by atoms with Crippen LogP contribution in [-0.2, 0) is 23.9 Å². The number of methoxy groups -OCH3 is 1. The molecule has 15 heavy (non-hydrogen) atoms. The van der Waals surface area contributed by atoms with Gasteiger partial charge in [0.05, 0.1) is 7.11 Å². The molecule has 0 unspecified atom stereocenters. The predicted octanol–water partition coefficient (Wildman–Crippen LogP) is -0.653. The molecule has 0 N–H and O–H groups in total. The molecule has 0 spiro atoms. The molecular formula is C9H13NO5. The number of carbonyl (C=O) groups excluding carboxylic acids is 3. The zero-order valence-electron chi connectivity index (χ0n) is 8.85. The fourth-order valence-electron chi connectivity index (χ4n) is 0.514. The van der Waals surface area contributed by atoms with Crippen molar-refractivity contribution in [3.05, 3.63) is 12.2 Å². The highest BCUT2D eigenvalue weighted by atomic mass is 16.5.